The van der Waals surface area contributed by atoms with Crippen LogP contribution in [0.5, 0.6) is 5.88 Å². The van der Waals surface area contributed by atoms with Crippen molar-refractivity contribution in [2.45, 2.75) is 45.4 Å². The van der Waals surface area contributed by atoms with E-state index in [1.807, 2.05) is 19.1 Å². The van der Waals surface area contributed by atoms with Gasteiger partial charge >= 0.3 is 0 Å². The number of aliphatic hydroxyl groups is 1. The molecular weight excluding hydrogens is 416 g/mol. The van der Waals surface area contributed by atoms with Crippen LogP contribution in [0.3, 0.4) is 0 Å². The van der Waals surface area contributed by atoms with E-state index in [9.17, 15) is 9.90 Å². The number of aliphatic hydroxyl groups excluding tert-OH is 1. The van der Waals surface area contributed by atoms with Gasteiger partial charge in [-0.3, -0.25) is 14.7 Å². The summed E-state index contributed by atoms with van der Waals surface area (Å²) in [6.45, 7) is 5.77. The van der Waals surface area contributed by atoms with Crippen LogP contribution >= 0.6 is 0 Å². The number of aromatic nitrogens is 2. The third kappa shape index (κ3) is 5.89. The van der Waals surface area contributed by atoms with E-state index in [0.717, 1.165) is 19.4 Å². The van der Waals surface area contributed by atoms with E-state index >= 15 is 0 Å². The van der Waals surface area contributed by atoms with Gasteiger partial charge in [-0.25, -0.2) is 4.98 Å². The predicted molar refractivity (Wildman–Crippen MR) is 126 cm³/mol. The van der Waals surface area contributed by atoms with Crippen molar-refractivity contribution in [1.29, 1.82) is 0 Å². The van der Waals surface area contributed by atoms with Gasteiger partial charge in [0, 0.05) is 55.6 Å². The maximum Gasteiger partial charge on any atom is 0.259 e. The average Bonchev–Trinajstić information content (AvgIpc) is 3.65. The molecule has 174 valence electrons. The van der Waals surface area contributed by atoms with Crippen LogP contribution in [-0.2, 0) is 6.54 Å². The Bertz CT molecular complexity index is 1030. The molecule has 2 aromatic heterocycles. The molecule has 2 aliphatic rings. The molecule has 7 heteroatoms. The molecule has 1 N–H and O–H groups in total. The highest BCUT2D eigenvalue weighted by molar-refractivity contribution is 5.97. The summed E-state index contributed by atoms with van der Waals surface area (Å²) in [7, 11) is 2.06. The highest BCUT2D eigenvalue weighted by Crippen LogP contribution is 2.29. The summed E-state index contributed by atoms with van der Waals surface area (Å²) in [4.78, 5) is 26.0. The van der Waals surface area contributed by atoms with Crippen LogP contribution in [0.2, 0.25) is 0 Å². The molecule has 0 radical (unpaired) electrons. The van der Waals surface area contributed by atoms with Crippen molar-refractivity contribution in [1.82, 2.24) is 19.8 Å². The Labute approximate surface area is 195 Å². The van der Waals surface area contributed by atoms with Gasteiger partial charge in [-0.2, -0.15) is 0 Å². The zero-order valence-electron chi connectivity index (χ0n) is 19.6. The van der Waals surface area contributed by atoms with Crippen molar-refractivity contribution in [2.75, 3.05) is 26.7 Å². The van der Waals surface area contributed by atoms with E-state index in [1.54, 1.807) is 29.6 Å². The van der Waals surface area contributed by atoms with Crippen molar-refractivity contribution in [3.63, 3.8) is 0 Å². The van der Waals surface area contributed by atoms with E-state index < -0.39 is 0 Å². The second-order valence-corrected chi connectivity index (χ2v) is 9.30. The van der Waals surface area contributed by atoms with Crippen LogP contribution in [0.25, 0.3) is 0 Å². The minimum Gasteiger partial charge on any atom is -0.472 e. The van der Waals surface area contributed by atoms with Crippen LogP contribution in [0, 0.1) is 23.7 Å². The molecule has 1 saturated carbocycles. The second-order valence-electron chi connectivity index (χ2n) is 9.30. The second kappa shape index (κ2) is 10.3. The Hall–Kier alpha value is -2.95. The Morgan fingerprint density at radius 3 is 2.79 bits per heavy atom. The minimum atomic E-state index is -0.303. The fourth-order valence-electron chi connectivity index (χ4n) is 3.97. The van der Waals surface area contributed by atoms with Crippen LogP contribution in [0.15, 0.2) is 36.8 Å². The predicted octanol–water partition coefficient (Wildman–Crippen LogP) is 2.59. The fourth-order valence-corrected chi connectivity index (χ4v) is 3.97. The summed E-state index contributed by atoms with van der Waals surface area (Å²) in [5.41, 5.74) is 2.30. The summed E-state index contributed by atoms with van der Waals surface area (Å²) in [5, 5.41) is 9.81. The lowest BCUT2D eigenvalue weighted by Crippen LogP contribution is -2.49. The number of likely N-dealkylation sites (N-methyl/N-ethyl adjacent to an activating group) is 1. The average molecular weight is 449 g/mol. The molecule has 4 rings (SSSR count). The summed E-state index contributed by atoms with van der Waals surface area (Å²) >= 11 is 0. The molecule has 1 aliphatic carbocycles. The molecular formula is C26H32N4O3. The van der Waals surface area contributed by atoms with E-state index in [0.29, 0.717) is 36.0 Å². The first-order chi connectivity index (χ1) is 15.9. The van der Waals surface area contributed by atoms with Gasteiger partial charge < -0.3 is 14.7 Å². The van der Waals surface area contributed by atoms with Crippen molar-refractivity contribution in [2.24, 2.45) is 11.8 Å². The number of carbonyl (C=O) groups is 1. The maximum atomic E-state index is 13.4. The molecule has 3 heterocycles. The Morgan fingerprint density at radius 1 is 1.33 bits per heavy atom. The van der Waals surface area contributed by atoms with Crippen LogP contribution in [0.1, 0.15) is 48.2 Å². The number of ether oxygens (including phenoxy) is 1. The van der Waals surface area contributed by atoms with Gasteiger partial charge in [0.25, 0.3) is 5.91 Å². The topological polar surface area (TPSA) is 78.8 Å². The van der Waals surface area contributed by atoms with Crippen LogP contribution in [0.4, 0.5) is 0 Å². The summed E-state index contributed by atoms with van der Waals surface area (Å²) in [6.07, 6.45) is 7.38. The van der Waals surface area contributed by atoms with Gasteiger partial charge in [0.2, 0.25) is 5.88 Å². The molecule has 1 amide bonds. The first-order valence-electron chi connectivity index (χ1n) is 11.6. The quantitative estimate of drug-likeness (QED) is 0.685. The van der Waals surface area contributed by atoms with Gasteiger partial charge in [-0.05, 0) is 50.6 Å². The fraction of sp³-hybridized carbons (Fsp3) is 0.500. The smallest absolute Gasteiger partial charge is 0.259 e. The Kier molecular flexibility index (Phi) is 7.26. The van der Waals surface area contributed by atoms with E-state index in [4.69, 9.17) is 4.74 Å². The molecule has 0 spiro atoms. The number of amides is 1. The summed E-state index contributed by atoms with van der Waals surface area (Å²) < 4.78 is 6.36. The van der Waals surface area contributed by atoms with Crippen LogP contribution in [-0.4, -0.2) is 69.7 Å². The van der Waals surface area contributed by atoms with E-state index in [-0.39, 0.29) is 30.6 Å². The SMILES string of the molecule is C[C@H]1CN([C@@H](C)CO)C(=O)c2cc(C#CC3CC3)cnc2O[C@@H]1CN(C)Cc1ccncc1. The minimum absolute atomic E-state index is 0.0483. The maximum absolute atomic E-state index is 13.4. The van der Waals surface area contributed by atoms with Gasteiger partial charge in [0.1, 0.15) is 11.7 Å². The standard InChI is InChI=1S/C26H32N4O3/c1-18-14-30(19(2)17-31)26(32)23-12-22(7-6-20-4-5-20)13-28-25(23)33-24(18)16-29(3)15-21-8-10-27-11-9-21/h8-13,18-20,24,31H,4-5,14-17H2,1-3H3/t18-,19-,24+/m0/s1. The first kappa shape index (κ1) is 23.2. The van der Waals surface area contributed by atoms with Gasteiger partial charge in [-0.15, -0.1) is 0 Å². The number of rotatable bonds is 6. The van der Waals surface area contributed by atoms with Gasteiger partial charge in [0.05, 0.1) is 12.6 Å². The summed E-state index contributed by atoms with van der Waals surface area (Å²) in [6, 6.07) is 5.49. The molecule has 2 aromatic rings. The van der Waals surface area contributed by atoms with Gasteiger partial charge in [0.15, 0.2) is 0 Å². The highest BCUT2D eigenvalue weighted by atomic mass is 16.5. The summed E-state index contributed by atoms with van der Waals surface area (Å²) in [5.74, 6) is 7.05. The number of pyridine rings is 2. The number of hydrogen-bond donors (Lipinski definition) is 1. The zero-order chi connectivity index (χ0) is 23.4. The number of nitrogens with zero attached hydrogens (tertiary/aromatic N) is 4. The number of hydrogen-bond acceptors (Lipinski definition) is 6. The number of carbonyl (C=O) groups excluding carboxylic acids is 1. The zero-order valence-corrected chi connectivity index (χ0v) is 19.6. The largest absolute Gasteiger partial charge is 0.472 e. The molecule has 1 fully saturated rings. The highest BCUT2D eigenvalue weighted by Gasteiger charge is 2.34. The molecule has 0 bridgehead atoms. The van der Waals surface area contributed by atoms with Crippen molar-refractivity contribution >= 4 is 5.91 Å². The molecule has 33 heavy (non-hydrogen) atoms. The monoisotopic (exact) mass is 448 g/mol. The molecule has 0 unspecified atom stereocenters. The van der Waals surface area contributed by atoms with Gasteiger partial charge in [-0.1, -0.05) is 18.8 Å². The van der Waals surface area contributed by atoms with Crippen LogP contribution < -0.4 is 4.74 Å². The first-order valence-corrected chi connectivity index (χ1v) is 11.6. The lowest BCUT2D eigenvalue weighted by Gasteiger charge is -2.37. The number of fused-ring (bicyclic) bond motifs is 1. The third-order valence-electron chi connectivity index (χ3n) is 6.21. The van der Waals surface area contributed by atoms with Crippen molar-refractivity contribution < 1.29 is 14.6 Å². The third-order valence-corrected chi connectivity index (χ3v) is 6.21. The Morgan fingerprint density at radius 2 is 2.09 bits per heavy atom. The molecule has 3 atom stereocenters. The molecule has 0 aromatic carbocycles. The van der Waals surface area contributed by atoms with Crippen molar-refractivity contribution in [3.05, 3.63) is 53.5 Å². The normalized spacial score (nSPS) is 21.4. The molecule has 7 nitrogen and oxygen atoms in total. The Balaban J connectivity index is 1.60. The lowest BCUT2D eigenvalue weighted by molar-refractivity contribution is 0.0325. The molecule has 0 saturated heterocycles. The van der Waals surface area contributed by atoms with E-state index in [1.165, 1.54) is 5.56 Å². The van der Waals surface area contributed by atoms with E-state index in [2.05, 4.69) is 40.7 Å². The lowest BCUT2D eigenvalue weighted by atomic mass is 9.99. The molecule has 1 aliphatic heterocycles. The van der Waals surface area contributed by atoms with Crippen molar-refractivity contribution in [3.8, 4) is 17.7 Å².